The molecule has 0 aliphatic heterocycles. The molecular weight excluding hydrogens is 226 g/mol. The van der Waals surface area contributed by atoms with Gasteiger partial charge in [0.25, 0.3) is 10.1 Å². The molecule has 2 aromatic rings. The largest absolute Gasteiger partial charge is 0.285 e. The van der Waals surface area contributed by atoms with E-state index in [1.165, 1.54) is 6.92 Å². The van der Waals surface area contributed by atoms with Gasteiger partial charge in [0.2, 0.25) is 0 Å². The van der Waals surface area contributed by atoms with Crippen molar-refractivity contribution in [3.63, 3.8) is 0 Å². The molecule has 0 amide bonds. The van der Waals surface area contributed by atoms with Gasteiger partial charge in [-0.3, -0.25) is 4.55 Å². The average molecular weight is 236 g/mol. The van der Waals surface area contributed by atoms with Crippen LogP contribution >= 0.6 is 0 Å². The van der Waals surface area contributed by atoms with Gasteiger partial charge >= 0.3 is 0 Å². The van der Waals surface area contributed by atoms with Crippen molar-refractivity contribution >= 4 is 21.0 Å². The molecule has 2 rings (SSSR count). The molecule has 1 unspecified atom stereocenters. The van der Waals surface area contributed by atoms with Gasteiger partial charge in [-0.25, -0.2) is 4.98 Å². The fourth-order valence-corrected chi connectivity index (χ4v) is 1.85. The number of para-hydroxylation sites is 1. The zero-order valence-corrected chi connectivity index (χ0v) is 9.40. The first kappa shape index (κ1) is 11.0. The van der Waals surface area contributed by atoms with E-state index in [1.807, 2.05) is 24.3 Å². The summed E-state index contributed by atoms with van der Waals surface area (Å²) in [5.41, 5.74) is 1.11. The quantitative estimate of drug-likeness (QED) is 0.810. The van der Waals surface area contributed by atoms with E-state index in [9.17, 15) is 8.42 Å². The normalized spacial score (nSPS) is 13.9. The standard InChI is InChI=1S/C11H10NO3S/c1-8(16(13,14)15)10-6-9-4-2-3-5-11(9)12-7-10/h2-6,8H,1H3,(H,13,14,15). The van der Waals surface area contributed by atoms with Crippen LogP contribution in [0.4, 0.5) is 0 Å². The number of aromatic nitrogens is 1. The summed E-state index contributed by atoms with van der Waals surface area (Å²) in [7, 11) is -4.10. The minimum Gasteiger partial charge on any atom is -0.285 e. The molecule has 1 aromatic carbocycles. The zero-order valence-electron chi connectivity index (χ0n) is 8.58. The number of hydrogen-bond acceptors (Lipinski definition) is 3. The van der Waals surface area contributed by atoms with E-state index in [1.54, 1.807) is 6.07 Å². The lowest BCUT2D eigenvalue weighted by Crippen LogP contribution is -2.08. The summed E-state index contributed by atoms with van der Waals surface area (Å²) in [5, 5.41) is -0.184. The molecule has 4 nitrogen and oxygen atoms in total. The summed E-state index contributed by atoms with van der Waals surface area (Å²) < 4.78 is 30.9. The second-order valence-corrected chi connectivity index (χ2v) is 5.28. The van der Waals surface area contributed by atoms with Crippen molar-refractivity contribution in [3.8, 4) is 0 Å². The summed E-state index contributed by atoms with van der Waals surface area (Å²) in [4.78, 5) is 4.02. The maximum absolute atomic E-state index is 11.0. The van der Waals surface area contributed by atoms with Crippen LogP contribution in [0.15, 0.2) is 30.3 Å². The predicted molar refractivity (Wildman–Crippen MR) is 60.5 cm³/mol. The first-order chi connectivity index (χ1) is 7.48. The minimum atomic E-state index is -4.10. The van der Waals surface area contributed by atoms with Crippen molar-refractivity contribution in [1.29, 1.82) is 0 Å². The van der Waals surface area contributed by atoms with Crippen molar-refractivity contribution in [2.24, 2.45) is 0 Å². The number of hydrogen-bond donors (Lipinski definition) is 1. The third-order valence-electron chi connectivity index (χ3n) is 2.44. The van der Waals surface area contributed by atoms with E-state index in [4.69, 9.17) is 4.55 Å². The Morgan fingerprint density at radius 1 is 1.38 bits per heavy atom. The second kappa shape index (κ2) is 3.84. The molecule has 0 saturated carbocycles. The van der Waals surface area contributed by atoms with Crippen LogP contribution in [0.25, 0.3) is 10.9 Å². The van der Waals surface area contributed by atoms with Gasteiger partial charge < -0.3 is 0 Å². The van der Waals surface area contributed by atoms with Crippen LogP contribution < -0.4 is 0 Å². The van der Waals surface area contributed by atoms with Gasteiger partial charge in [-0.05, 0) is 19.1 Å². The number of fused-ring (bicyclic) bond motifs is 1. The van der Waals surface area contributed by atoms with Crippen LogP contribution in [0.2, 0.25) is 0 Å². The second-order valence-electron chi connectivity index (χ2n) is 3.54. The highest BCUT2D eigenvalue weighted by Crippen LogP contribution is 2.22. The zero-order chi connectivity index (χ0) is 11.8. The van der Waals surface area contributed by atoms with Crippen molar-refractivity contribution in [2.45, 2.75) is 12.2 Å². The Morgan fingerprint density at radius 3 is 2.75 bits per heavy atom. The molecule has 1 heterocycles. The molecule has 0 saturated heterocycles. The highest BCUT2D eigenvalue weighted by Gasteiger charge is 2.20. The molecule has 0 spiro atoms. The van der Waals surface area contributed by atoms with Crippen molar-refractivity contribution < 1.29 is 13.0 Å². The monoisotopic (exact) mass is 236 g/mol. The van der Waals surface area contributed by atoms with Gasteiger partial charge in [0, 0.05) is 10.9 Å². The molecule has 0 bridgehead atoms. The van der Waals surface area contributed by atoms with Crippen LogP contribution in [0.5, 0.6) is 0 Å². The molecule has 1 N–H and O–H groups in total. The Hall–Kier alpha value is -1.46. The third-order valence-corrected chi connectivity index (χ3v) is 3.59. The van der Waals surface area contributed by atoms with Crippen molar-refractivity contribution in [3.05, 3.63) is 42.1 Å². The van der Waals surface area contributed by atoms with Crippen molar-refractivity contribution in [2.75, 3.05) is 0 Å². The maximum atomic E-state index is 11.0. The van der Waals surface area contributed by atoms with Crippen LogP contribution in [0.3, 0.4) is 0 Å². The molecule has 1 aromatic heterocycles. The average Bonchev–Trinajstić information content (AvgIpc) is 2.26. The van der Waals surface area contributed by atoms with Gasteiger partial charge in [-0.1, -0.05) is 18.2 Å². The fourth-order valence-electron chi connectivity index (χ4n) is 1.40. The molecule has 0 fully saturated rings. The fraction of sp³-hybridized carbons (Fsp3) is 0.182. The van der Waals surface area contributed by atoms with E-state index >= 15 is 0 Å². The Balaban J connectivity index is 2.55. The smallest absolute Gasteiger partial charge is 0.271 e. The lowest BCUT2D eigenvalue weighted by molar-refractivity contribution is 0.472. The molecule has 1 radical (unpaired) electrons. The summed E-state index contributed by atoms with van der Waals surface area (Å²) in [6, 6.07) is 8.99. The van der Waals surface area contributed by atoms with Gasteiger partial charge in [-0.15, -0.1) is 0 Å². The van der Waals surface area contributed by atoms with Crippen LogP contribution in [0.1, 0.15) is 17.7 Å². The van der Waals surface area contributed by atoms with E-state index < -0.39 is 15.4 Å². The Labute approximate surface area is 93.7 Å². The summed E-state index contributed by atoms with van der Waals surface area (Å²) in [5.74, 6) is 0. The van der Waals surface area contributed by atoms with Crippen LogP contribution in [-0.2, 0) is 10.1 Å². The highest BCUT2D eigenvalue weighted by molar-refractivity contribution is 7.86. The predicted octanol–water partition coefficient (Wildman–Crippen LogP) is 1.98. The van der Waals surface area contributed by atoms with E-state index in [0.717, 1.165) is 10.9 Å². The van der Waals surface area contributed by atoms with Gasteiger partial charge in [0.05, 0.1) is 11.7 Å². The van der Waals surface area contributed by atoms with Crippen LogP contribution in [-0.4, -0.2) is 18.0 Å². The number of pyridine rings is 1. The Bertz CT molecular complexity index is 622. The number of benzene rings is 1. The van der Waals surface area contributed by atoms with E-state index in [2.05, 4.69) is 11.2 Å². The molecule has 0 aliphatic carbocycles. The summed E-state index contributed by atoms with van der Waals surface area (Å²) >= 11 is 0. The molecule has 5 heteroatoms. The number of rotatable bonds is 2. The Kier molecular flexibility index (Phi) is 2.65. The van der Waals surface area contributed by atoms with Crippen molar-refractivity contribution in [1.82, 2.24) is 4.98 Å². The van der Waals surface area contributed by atoms with Gasteiger partial charge in [-0.2, -0.15) is 8.42 Å². The highest BCUT2D eigenvalue weighted by atomic mass is 32.2. The summed E-state index contributed by atoms with van der Waals surface area (Å²) in [6.45, 7) is 1.40. The molecule has 83 valence electrons. The maximum Gasteiger partial charge on any atom is 0.271 e. The number of nitrogens with zero attached hydrogens (tertiary/aromatic N) is 1. The van der Waals surface area contributed by atoms with Gasteiger partial charge in [0.1, 0.15) is 5.25 Å². The molecule has 0 aliphatic rings. The lowest BCUT2D eigenvalue weighted by atomic mass is 10.1. The van der Waals surface area contributed by atoms with E-state index in [0.29, 0.717) is 5.56 Å². The molecule has 1 atom stereocenters. The minimum absolute atomic E-state index is 0.362. The van der Waals surface area contributed by atoms with Crippen LogP contribution in [0, 0.1) is 6.20 Å². The first-order valence-corrected chi connectivity index (χ1v) is 6.22. The third kappa shape index (κ3) is 2.05. The SMILES string of the molecule is CC(c1[c]nc2ccccc2c1)S(=O)(=O)O. The summed E-state index contributed by atoms with van der Waals surface area (Å²) in [6.07, 6.45) is 2.63. The molecular formula is C11H10NO3S. The topological polar surface area (TPSA) is 67.3 Å². The Morgan fingerprint density at radius 2 is 2.06 bits per heavy atom. The lowest BCUT2D eigenvalue weighted by Gasteiger charge is -2.07. The first-order valence-electron chi connectivity index (χ1n) is 4.72. The molecule has 16 heavy (non-hydrogen) atoms. The van der Waals surface area contributed by atoms with Gasteiger partial charge in [0.15, 0.2) is 0 Å². The van der Waals surface area contributed by atoms with E-state index in [-0.39, 0.29) is 0 Å².